The van der Waals surface area contributed by atoms with E-state index in [1.165, 1.54) is 16.2 Å². The summed E-state index contributed by atoms with van der Waals surface area (Å²) in [5.41, 5.74) is 3.47. The molecule has 0 aliphatic carbocycles. The molecule has 0 radical (unpaired) electrons. The first-order valence-electron chi connectivity index (χ1n) is 9.01. The molecule has 0 aromatic heterocycles. The van der Waals surface area contributed by atoms with Crippen molar-refractivity contribution >= 4 is 17.6 Å². The standard InChI is InChI=1S/C20H33N5O/c1-7-25(18-10-8-9-17(4)13-18)12-11-21-20(22-14-16(2)3)23-15-19(26)24(5)6/h8-10,13H,2,7,11-12,14-15H2,1,3-6H3,(H2,21,22,23). The molecule has 0 aliphatic heterocycles. The Bertz CT molecular complexity index is 624. The van der Waals surface area contributed by atoms with Crippen LogP contribution in [0.1, 0.15) is 19.4 Å². The van der Waals surface area contributed by atoms with E-state index in [4.69, 9.17) is 0 Å². The Kier molecular flexibility index (Phi) is 9.26. The molecule has 0 saturated carbocycles. The Morgan fingerprint density at radius 1 is 1.27 bits per heavy atom. The normalized spacial score (nSPS) is 11.0. The van der Waals surface area contributed by atoms with Crippen LogP contribution in [-0.2, 0) is 4.79 Å². The highest BCUT2D eigenvalue weighted by molar-refractivity contribution is 5.84. The minimum atomic E-state index is -0.0311. The van der Waals surface area contributed by atoms with Gasteiger partial charge in [0.2, 0.25) is 5.91 Å². The van der Waals surface area contributed by atoms with Crippen molar-refractivity contribution in [3.63, 3.8) is 0 Å². The number of nitrogens with zero attached hydrogens (tertiary/aromatic N) is 3. The summed E-state index contributed by atoms with van der Waals surface area (Å²) in [7, 11) is 3.46. The maximum Gasteiger partial charge on any atom is 0.243 e. The van der Waals surface area contributed by atoms with E-state index in [9.17, 15) is 4.79 Å². The van der Waals surface area contributed by atoms with Gasteiger partial charge < -0.3 is 20.4 Å². The summed E-state index contributed by atoms with van der Waals surface area (Å²) in [5, 5.41) is 6.51. The van der Waals surface area contributed by atoms with E-state index in [0.717, 1.165) is 25.2 Å². The van der Waals surface area contributed by atoms with E-state index in [0.29, 0.717) is 12.5 Å². The summed E-state index contributed by atoms with van der Waals surface area (Å²) in [4.78, 5) is 20.0. The molecule has 1 aromatic carbocycles. The number of aryl methyl sites for hydroxylation is 1. The number of carbonyl (C=O) groups excluding carboxylic acids is 1. The third kappa shape index (κ3) is 8.05. The van der Waals surface area contributed by atoms with Crippen molar-refractivity contribution in [1.82, 2.24) is 15.5 Å². The van der Waals surface area contributed by atoms with Gasteiger partial charge in [0.25, 0.3) is 0 Å². The van der Waals surface area contributed by atoms with Gasteiger partial charge in [-0.05, 0) is 38.5 Å². The summed E-state index contributed by atoms with van der Waals surface area (Å²) < 4.78 is 0. The highest BCUT2D eigenvalue weighted by Crippen LogP contribution is 2.14. The second-order valence-electron chi connectivity index (χ2n) is 6.61. The molecule has 0 unspecified atom stereocenters. The van der Waals surface area contributed by atoms with Gasteiger partial charge in [0.05, 0.1) is 0 Å². The summed E-state index contributed by atoms with van der Waals surface area (Å²) >= 11 is 0. The molecular formula is C20H33N5O. The number of rotatable bonds is 9. The van der Waals surface area contributed by atoms with Crippen molar-refractivity contribution in [3.8, 4) is 0 Å². The Morgan fingerprint density at radius 2 is 2.00 bits per heavy atom. The lowest BCUT2D eigenvalue weighted by Crippen LogP contribution is -2.42. The van der Waals surface area contributed by atoms with Crippen LogP contribution in [0.3, 0.4) is 0 Å². The SMILES string of the molecule is C=C(C)CNC(=NCC(=O)N(C)C)NCCN(CC)c1cccc(C)c1. The van der Waals surface area contributed by atoms with Crippen LogP contribution < -0.4 is 15.5 Å². The van der Waals surface area contributed by atoms with Crippen molar-refractivity contribution < 1.29 is 4.79 Å². The van der Waals surface area contributed by atoms with E-state index in [1.807, 2.05) is 6.92 Å². The summed E-state index contributed by atoms with van der Waals surface area (Å²) in [6.45, 7) is 13.3. The number of carbonyl (C=O) groups is 1. The predicted octanol–water partition coefficient (Wildman–Crippen LogP) is 2.02. The largest absolute Gasteiger partial charge is 0.370 e. The van der Waals surface area contributed by atoms with Crippen LogP contribution in [0.2, 0.25) is 0 Å². The maximum absolute atomic E-state index is 11.8. The number of hydrogen-bond donors (Lipinski definition) is 2. The Morgan fingerprint density at radius 3 is 2.58 bits per heavy atom. The zero-order chi connectivity index (χ0) is 19.5. The lowest BCUT2D eigenvalue weighted by molar-refractivity contribution is -0.127. The number of aliphatic imine (C=N–C) groups is 1. The van der Waals surface area contributed by atoms with Gasteiger partial charge in [0, 0.05) is 46.0 Å². The number of anilines is 1. The predicted molar refractivity (Wildman–Crippen MR) is 111 cm³/mol. The van der Waals surface area contributed by atoms with E-state index in [2.05, 4.69) is 65.2 Å². The third-order valence-electron chi connectivity index (χ3n) is 3.85. The maximum atomic E-state index is 11.8. The van der Waals surface area contributed by atoms with Gasteiger partial charge in [-0.1, -0.05) is 24.3 Å². The fourth-order valence-corrected chi connectivity index (χ4v) is 2.30. The van der Waals surface area contributed by atoms with Crippen LogP contribution in [0.5, 0.6) is 0 Å². The van der Waals surface area contributed by atoms with Gasteiger partial charge in [0.15, 0.2) is 5.96 Å². The van der Waals surface area contributed by atoms with Gasteiger partial charge in [-0.15, -0.1) is 0 Å². The molecule has 6 nitrogen and oxygen atoms in total. The number of hydrogen-bond acceptors (Lipinski definition) is 3. The monoisotopic (exact) mass is 359 g/mol. The summed E-state index contributed by atoms with van der Waals surface area (Å²) in [6, 6.07) is 8.49. The topological polar surface area (TPSA) is 60.0 Å². The Hall–Kier alpha value is -2.50. The average molecular weight is 360 g/mol. The molecule has 0 atom stereocenters. The van der Waals surface area contributed by atoms with Gasteiger partial charge in [0.1, 0.15) is 6.54 Å². The molecule has 6 heteroatoms. The fourth-order valence-electron chi connectivity index (χ4n) is 2.30. The quantitative estimate of drug-likeness (QED) is 0.402. The molecule has 1 rings (SSSR count). The van der Waals surface area contributed by atoms with Crippen molar-refractivity contribution in [1.29, 1.82) is 0 Å². The summed E-state index contributed by atoms with van der Waals surface area (Å²) in [5.74, 6) is 0.597. The highest BCUT2D eigenvalue weighted by Gasteiger charge is 2.07. The first-order chi connectivity index (χ1) is 12.3. The van der Waals surface area contributed by atoms with Crippen molar-refractivity contribution in [2.75, 3.05) is 51.7 Å². The molecule has 26 heavy (non-hydrogen) atoms. The molecule has 144 valence electrons. The van der Waals surface area contributed by atoms with Crippen LogP contribution in [0.4, 0.5) is 5.69 Å². The van der Waals surface area contributed by atoms with Gasteiger partial charge >= 0.3 is 0 Å². The fraction of sp³-hybridized carbons (Fsp3) is 0.500. The van der Waals surface area contributed by atoms with Crippen LogP contribution >= 0.6 is 0 Å². The van der Waals surface area contributed by atoms with E-state index < -0.39 is 0 Å². The number of likely N-dealkylation sites (N-methyl/N-ethyl adjacent to an activating group) is 2. The van der Waals surface area contributed by atoms with Gasteiger partial charge in [-0.3, -0.25) is 4.79 Å². The second-order valence-corrected chi connectivity index (χ2v) is 6.61. The third-order valence-corrected chi connectivity index (χ3v) is 3.85. The number of nitrogens with one attached hydrogen (secondary N) is 2. The van der Waals surface area contributed by atoms with E-state index in [1.54, 1.807) is 14.1 Å². The zero-order valence-corrected chi connectivity index (χ0v) is 16.8. The van der Waals surface area contributed by atoms with E-state index in [-0.39, 0.29) is 12.5 Å². The van der Waals surface area contributed by atoms with Crippen molar-refractivity contribution in [2.24, 2.45) is 4.99 Å². The first kappa shape index (κ1) is 21.5. The first-order valence-corrected chi connectivity index (χ1v) is 9.01. The zero-order valence-electron chi connectivity index (χ0n) is 16.8. The molecule has 0 saturated heterocycles. The molecule has 0 fully saturated rings. The number of amides is 1. The Labute approximate surface area is 158 Å². The van der Waals surface area contributed by atoms with Crippen LogP contribution in [0.25, 0.3) is 0 Å². The molecular weight excluding hydrogens is 326 g/mol. The minimum absolute atomic E-state index is 0.0311. The molecule has 0 bridgehead atoms. The van der Waals surface area contributed by atoms with E-state index >= 15 is 0 Å². The van der Waals surface area contributed by atoms with Crippen LogP contribution in [0.15, 0.2) is 41.4 Å². The Balaban J connectivity index is 2.64. The molecule has 0 heterocycles. The molecule has 2 N–H and O–H groups in total. The van der Waals surface area contributed by atoms with Gasteiger partial charge in [-0.2, -0.15) is 0 Å². The number of benzene rings is 1. The summed E-state index contributed by atoms with van der Waals surface area (Å²) in [6.07, 6.45) is 0. The second kappa shape index (κ2) is 11.2. The van der Waals surface area contributed by atoms with Gasteiger partial charge in [-0.25, -0.2) is 4.99 Å². The van der Waals surface area contributed by atoms with Crippen molar-refractivity contribution in [2.45, 2.75) is 20.8 Å². The highest BCUT2D eigenvalue weighted by atomic mass is 16.2. The van der Waals surface area contributed by atoms with Crippen LogP contribution in [0, 0.1) is 6.92 Å². The molecule has 1 amide bonds. The molecule has 0 spiro atoms. The lowest BCUT2D eigenvalue weighted by atomic mass is 10.2. The minimum Gasteiger partial charge on any atom is -0.370 e. The van der Waals surface area contributed by atoms with Crippen LogP contribution in [-0.4, -0.2) is 63.6 Å². The molecule has 0 aliphatic rings. The average Bonchev–Trinajstić information content (AvgIpc) is 2.59. The number of guanidine groups is 1. The molecule has 1 aromatic rings. The van der Waals surface area contributed by atoms with Crippen molar-refractivity contribution in [3.05, 3.63) is 42.0 Å². The smallest absolute Gasteiger partial charge is 0.243 e. The lowest BCUT2D eigenvalue weighted by Gasteiger charge is -2.24.